The summed E-state index contributed by atoms with van der Waals surface area (Å²) in [7, 11) is 1.62. The van der Waals surface area contributed by atoms with Gasteiger partial charge in [0.05, 0.1) is 13.2 Å². The van der Waals surface area contributed by atoms with Crippen molar-refractivity contribution in [2.75, 3.05) is 33.4 Å². The number of carbonyl (C=O) groups excluding carboxylic acids is 1. The predicted octanol–water partition coefficient (Wildman–Crippen LogP) is 1.31. The van der Waals surface area contributed by atoms with Crippen molar-refractivity contribution in [1.29, 1.82) is 0 Å². The molecule has 0 aromatic rings. The molecule has 18 heavy (non-hydrogen) atoms. The van der Waals surface area contributed by atoms with Crippen LogP contribution in [0.25, 0.3) is 0 Å². The van der Waals surface area contributed by atoms with Gasteiger partial charge in [-0.2, -0.15) is 0 Å². The molecule has 2 atom stereocenters. The first-order valence-electron chi connectivity index (χ1n) is 6.78. The number of rotatable bonds is 5. The number of hydrogen-bond donors (Lipinski definition) is 1. The number of carbonyl (C=O) groups is 1. The van der Waals surface area contributed by atoms with Crippen LogP contribution < -0.4 is 0 Å². The van der Waals surface area contributed by atoms with Crippen molar-refractivity contribution in [1.82, 2.24) is 9.80 Å². The smallest absolute Gasteiger partial charge is 0.320 e. The number of aliphatic hydroxyl groups excluding tert-OH is 1. The largest absolute Gasteiger partial charge is 0.395 e. The summed E-state index contributed by atoms with van der Waals surface area (Å²) in [5.74, 6) is 0. The summed E-state index contributed by atoms with van der Waals surface area (Å²) in [5.41, 5.74) is 0. The Morgan fingerprint density at radius 1 is 1.33 bits per heavy atom. The zero-order valence-corrected chi connectivity index (χ0v) is 11.8. The van der Waals surface area contributed by atoms with E-state index in [0.29, 0.717) is 19.7 Å². The average Bonchev–Trinajstić information content (AvgIpc) is 2.34. The Kier molecular flexibility index (Phi) is 6.43. The van der Waals surface area contributed by atoms with Gasteiger partial charge in [-0.3, -0.25) is 0 Å². The zero-order valence-electron chi connectivity index (χ0n) is 11.8. The Labute approximate surface area is 110 Å². The molecule has 0 aromatic heterocycles. The molecule has 2 amide bonds. The molecule has 2 unspecified atom stereocenters. The van der Waals surface area contributed by atoms with Crippen LogP contribution >= 0.6 is 0 Å². The number of methoxy groups -OCH3 is 1. The van der Waals surface area contributed by atoms with Gasteiger partial charge in [0, 0.05) is 32.3 Å². The lowest BCUT2D eigenvalue weighted by Crippen LogP contribution is -2.54. The van der Waals surface area contributed by atoms with Gasteiger partial charge in [-0.1, -0.05) is 0 Å². The molecule has 1 aliphatic heterocycles. The van der Waals surface area contributed by atoms with Gasteiger partial charge in [-0.05, 0) is 33.1 Å². The summed E-state index contributed by atoms with van der Waals surface area (Å²) < 4.78 is 5.02. The van der Waals surface area contributed by atoms with Gasteiger partial charge in [-0.15, -0.1) is 0 Å². The predicted molar refractivity (Wildman–Crippen MR) is 70.5 cm³/mol. The maximum atomic E-state index is 12.5. The van der Waals surface area contributed by atoms with Crippen molar-refractivity contribution in [2.24, 2.45) is 0 Å². The number of hydrogen-bond acceptors (Lipinski definition) is 3. The lowest BCUT2D eigenvalue weighted by molar-refractivity contribution is 0.0756. The molecule has 0 aromatic carbocycles. The summed E-state index contributed by atoms with van der Waals surface area (Å²) in [6, 6.07) is 0.593. The molecule has 0 radical (unpaired) electrons. The van der Waals surface area contributed by atoms with Crippen molar-refractivity contribution < 1.29 is 14.6 Å². The standard InChI is InChI=1S/C13H26N2O3/c1-11-5-4-6-12(2)15(11)13(17)14(7-9-16)8-10-18-3/h11-12,16H,4-10H2,1-3H3. The third-order valence-electron chi connectivity index (χ3n) is 3.62. The molecule has 5 nitrogen and oxygen atoms in total. The fraction of sp³-hybridized carbons (Fsp3) is 0.923. The van der Waals surface area contributed by atoms with Gasteiger partial charge < -0.3 is 19.6 Å². The second-order valence-corrected chi connectivity index (χ2v) is 5.02. The lowest BCUT2D eigenvalue weighted by atomic mass is 9.98. The van der Waals surface area contributed by atoms with E-state index in [0.717, 1.165) is 12.8 Å². The zero-order chi connectivity index (χ0) is 13.5. The minimum Gasteiger partial charge on any atom is -0.395 e. The molecule has 0 spiro atoms. The number of urea groups is 1. The summed E-state index contributed by atoms with van der Waals surface area (Å²) >= 11 is 0. The van der Waals surface area contributed by atoms with E-state index < -0.39 is 0 Å². The Morgan fingerprint density at radius 3 is 2.44 bits per heavy atom. The van der Waals surface area contributed by atoms with Gasteiger partial charge in [-0.25, -0.2) is 4.79 Å². The van der Waals surface area contributed by atoms with E-state index in [9.17, 15) is 4.79 Å². The maximum Gasteiger partial charge on any atom is 0.320 e. The van der Waals surface area contributed by atoms with Crippen LogP contribution in [-0.4, -0.2) is 66.4 Å². The Bertz CT molecular complexity index is 251. The highest BCUT2D eigenvalue weighted by Gasteiger charge is 2.31. The molecule has 5 heteroatoms. The summed E-state index contributed by atoms with van der Waals surface area (Å²) in [4.78, 5) is 16.1. The van der Waals surface area contributed by atoms with Gasteiger partial charge in [0.15, 0.2) is 0 Å². The molecule has 1 rings (SSSR count). The van der Waals surface area contributed by atoms with Gasteiger partial charge in [0.2, 0.25) is 0 Å². The van der Waals surface area contributed by atoms with Crippen molar-refractivity contribution in [2.45, 2.75) is 45.2 Å². The highest BCUT2D eigenvalue weighted by molar-refractivity contribution is 5.75. The molecule has 0 saturated carbocycles. The molecule has 1 aliphatic rings. The summed E-state index contributed by atoms with van der Waals surface area (Å²) in [5, 5.41) is 9.06. The fourth-order valence-corrected chi connectivity index (χ4v) is 2.59. The highest BCUT2D eigenvalue weighted by Crippen LogP contribution is 2.23. The molecular formula is C13H26N2O3. The van der Waals surface area contributed by atoms with Gasteiger partial charge in [0.1, 0.15) is 0 Å². The summed E-state index contributed by atoms with van der Waals surface area (Å²) in [6.07, 6.45) is 3.31. The van der Waals surface area contributed by atoms with Crippen molar-refractivity contribution in [3.8, 4) is 0 Å². The first kappa shape index (κ1) is 15.2. The molecule has 106 valence electrons. The van der Waals surface area contributed by atoms with Crippen molar-refractivity contribution in [3.63, 3.8) is 0 Å². The number of amides is 2. The Balaban J connectivity index is 2.67. The van der Waals surface area contributed by atoms with Crippen LogP contribution in [-0.2, 0) is 4.74 Å². The molecule has 1 heterocycles. The van der Waals surface area contributed by atoms with Crippen LogP contribution in [0.15, 0.2) is 0 Å². The quantitative estimate of drug-likeness (QED) is 0.809. The highest BCUT2D eigenvalue weighted by atomic mass is 16.5. The van der Waals surface area contributed by atoms with Crippen LogP contribution in [0, 0.1) is 0 Å². The number of aliphatic hydroxyl groups is 1. The second kappa shape index (κ2) is 7.59. The lowest BCUT2D eigenvalue weighted by Gasteiger charge is -2.41. The molecule has 1 fully saturated rings. The Morgan fingerprint density at radius 2 is 1.94 bits per heavy atom. The monoisotopic (exact) mass is 258 g/mol. The van der Waals surface area contributed by atoms with E-state index in [4.69, 9.17) is 9.84 Å². The molecule has 0 aliphatic carbocycles. The number of nitrogens with zero attached hydrogens (tertiary/aromatic N) is 2. The minimum atomic E-state index is -0.00788. The number of likely N-dealkylation sites (tertiary alicyclic amines) is 1. The van der Waals surface area contributed by atoms with Crippen molar-refractivity contribution >= 4 is 6.03 Å². The SMILES string of the molecule is COCCN(CCO)C(=O)N1C(C)CCCC1C. The Hall–Kier alpha value is -0.810. The van der Waals surface area contributed by atoms with Crippen LogP contribution in [0.1, 0.15) is 33.1 Å². The van der Waals surface area contributed by atoms with Gasteiger partial charge >= 0.3 is 6.03 Å². The molecule has 0 bridgehead atoms. The molecular weight excluding hydrogens is 232 g/mol. The summed E-state index contributed by atoms with van der Waals surface area (Å²) in [6.45, 7) is 5.60. The number of ether oxygens (including phenoxy) is 1. The van der Waals surface area contributed by atoms with Crippen molar-refractivity contribution in [3.05, 3.63) is 0 Å². The van der Waals surface area contributed by atoms with Crippen LogP contribution in [0.4, 0.5) is 4.79 Å². The normalized spacial score (nSPS) is 24.1. The van der Waals surface area contributed by atoms with E-state index in [2.05, 4.69) is 13.8 Å². The van der Waals surface area contributed by atoms with Crippen LogP contribution in [0.5, 0.6) is 0 Å². The van der Waals surface area contributed by atoms with E-state index in [-0.39, 0.29) is 24.7 Å². The van der Waals surface area contributed by atoms with Crippen LogP contribution in [0.3, 0.4) is 0 Å². The first-order valence-corrected chi connectivity index (χ1v) is 6.78. The third kappa shape index (κ3) is 3.85. The van der Waals surface area contributed by atoms with E-state index in [1.807, 2.05) is 4.90 Å². The fourth-order valence-electron chi connectivity index (χ4n) is 2.59. The van der Waals surface area contributed by atoms with Gasteiger partial charge in [0.25, 0.3) is 0 Å². The second-order valence-electron chi connectivity index (χ2n) is 5.02. The average molecular weight is 258 g/mol. The first-order chi connectivity index (χ1) is 8.61. The van der Waals surface area contributed by atoms with E-state index >= 15 is 0 Å². The maximum absolute atomic E-state index is 12.5. The van der Waals surface area contributed by atoms with Crippen LogP contribution in [0.2, 0.25) is 0 Å². The third-order valence-corrected chi connectivity index (χ3v) is 3.62. The number of piperidine rings is 1. The molecule has 1 N–H and O–H groups in total. The molecule has 1 saturated heterocycles. The van der Waals surface area contributed by atoms with E-state index in [1.165, 1.54) is 6.42 Å². The topological polar surface area (TPSA) is 53.0 Å². The minimum absolute atomic E-state index is 0.00788. The van der Waals surface area contributed by atoms with E-state index in [1.54, 1.807) is 12.0 Å².